The standard InChI is InChI=1S/C30H27NO5.C27H24N2O3.C27H25NO5.C25H24O5/c1-20(32)14-23-8-5-9-25(16-23)24-12-10-22(11-13-24)17-28-29(31-19-36-28)27(33)18-26(30(34)35)15-21-6-3-2-4-7-21;30-27(31)23(15-20-7-3-1-4-8-20)16-24-17-26(29-19-28-24)22-11-13-25(14-12-22)32-18-21-9-5-2-6-10-21;29-26(16-22(27(30)31)15-19-5-2-1-3-6-19)33-18-21-11-9-20(10-12-21)17-32-25-8-4-7-24-23(25)13-14-28-24;26-24(16-22(25(27)28)15-19-7-3-1-4-8-19)30-18-21-13-11-20(12-14-21)17-29-23-9-5-2-6-10-23/h2-13,16,19,26H,14-15,17-18H2,1H3,(H,34,35);1-14,17,19,23H,15-16,18H2,(H,30,31);1-14,22,28H,15-18H2,(H,30,31);1-14,22H,15-18H2,(H,27,28)/t26-;23-;2*22-/m1111/s1. The molecule has 0 aliphatic rings. The number of rotatable bonds is 40. The van der Waals surface area contributed by atoms with E-state index in [1.807, 2.05) is 340 Å². The van der Waals surface area contributed by atoms with E-state index in [0.717, 1.165) is 112 Å². The van der Waals surface area contributed by atoms with Gasteiger partial charge in [-0.15, -0.1) is 0 Å². The van der Waals surface area contributed by atoms with E-state index in [1.54, 1.807) is 6.92 Å². The van der Waals surface area contributed by atoms with E-state index in [-0.39, 0.29) is 62.6 Å². The lowest BCUT2D eigenvalue weighted by Crippen LogP contribution is -2.21. The number of para-hydroxylation sites is 1. The minimum absolute atomic E-state index is 0.0975. The maximum absolute atomic E-state index is 13.0. The van der Waals surface area contributed by atoms with Crippen LogP contribution in [-0.4, -0.2) is 87.7 Å². The third-order valence-electron chi connectivity index (χ3n) is 21.4. The van der Waals surface area contributed by atoms with Gasteiger partial charge in [0.15, 0.2) is 12.2 Å². The van der Waals surface area contributed by atoms with Crippen LogP contribution in [-0.2, 0) is 121 Å². The second-order valence-corrected chi connectivity index (χ2v) is 31.4. The van der Waals surface area contributed by atoms with Crippen LogP contribution < -0.4 is 14.2 Å². The lowest BCUT2D eigenvalue weighted by molar-refractivity contribution is -0.152. The smallest absolute Gasteiger partial charge is 0.307 e. The number of hydrogen-bond donors (Lipinski definition) is 5. The van der Waals surface area contributed by atoms with Crippen LogP contribution in [0.15, 0.2) is 357 Å². The highest BCUT2D eigenvalue weighted by Gasteiger charge is 2.28. The number of carbonyl (C=O) groups excluding carboxylic acids is 4. The number of aliphatic carboxylic acids is 4. The normalized spacial score (nSPS) is 11.6. The van der Waals surface area contributed by atoms with Gasteiger partial charge in [0.1, 0.15) is 73.8 Å². The van der Waals surface area contributed by atoms with E-state index < -0.39 is 59.5 Å². The Balaban J connectivity index is 0.000000158. The number of hydrogen-bond acceptors (Lipinski definition) is 17. The number of ketones is 2. The summed E-state index contributed by atoms with van der Waals surface area (Å²) in [6.07, 6.45) is 6.55. The molecule has 0 aliphatic heterocycles. The maximum atomic E-state index is 13.0. The van der Waals surface area contributed by atoms with E-state index >= 15 is 0 Å². The minimum atomic E-state index is -1.01. The number of carboxylic acid groups (broad SMARTS) is 4. The van der Waals surface area contributed by atoms with Crippen molar-refractivity contribution in [3.8, 4) is 39.6 Å². The van der Waals surface area contributed by atoms with Crippen LogP contribution in [0.1, 0.15) is 109 Å². The van der Waals surface area contributed by atoms with Gasteiger partial charge >= 0.3 is 35.8 Å². The number of nitrogens with one attached hydrogen (secondary N) is 1. The Morgan fingerprint density at radius 1 is 0.351 bits per heavy atom. The summed E-state index contributed by atoms with van der Waals surface area (Å²) in [4.78, 5) is 111. The number of aromatic nitrogens is 4. The molecule has 22 heteroatoms. The van der Waals surface area contributed by atoms with Crippen molar-refractivity contribution in [1.82, 2.24) is 19.9 Å². The molecular weight excluding hydrogens is 1650 g/mol. The van der Waals surface area contributed by atoms with Gasteiger partial charge < -0.3 is 53.5 Å². The number of carbonyl (C=O) groups is 8. The molecule has 0 fully saturated rings. The summed E-state index contributed by atoms with van der Waals surface area (Å²) in [6, 6.07) is 105. The molecule has 131 heavy (non-hydrogen) atoms. The highest BCUT2D eigenvalue weighted by atomic mass is 16.5. The van der Waals surface area contributed by atoms with Crippen LogP contribution >= 0.6 is 0 Å². The molecule has 0 aliphatic carbocycles. The van der Waals surface area contributed by atoms with E-state index in [4.69, 9.17) is 28.1 Å². The predicted octanol–water partition coefficient (Wildman–Crippen LogP) is 20.6. The van der Waals surface area contributed by atoms with Crippen molar-refractivity contribution in [3.63, 3.8) is 0 Å². The first-order valence-corrected chi connectivity index (χ1v) is 42.9. The first-order chi connectivity index (χ1) is 63.7. The van der Waals surface area contributed by atoms with Gasteiger partial charge in [0.2, 0.25) is 0 Å². The van der Waals surface area contributed by atoms with Crippen molar-refractivity contribution in [2.45, 2.75) is 104 Å². The fourth-order valence-corrected chi connectivity index (χ4v) is 14.4. The van der Waals surface area contributed by atoms with Crippen LogP contribution in [0.5, 0.6) is 17.2 Å². The summed E-state index contributed by atoms with van der Waals surface area (Å²) in [5.41, 5.74) is 15.9. The van der Waals surface area contributed by atoms with Gasteiger partial charge in [0.25, 0.3) is 0 Å². The van der Waals surface area contributed by atoms with Crippen molar-refractivity contribution >= 4 is 58.3 Å². The van der Waals surface area contributed by atoms with Gasteiger partial charge in [-0.05, 0) is 166 Å². The number of benzene rings is 12. The molecule has 3 aromatic heterocycles. The van der Waals surface area contributed by atoms with E-state index in [9.17, 15) is 58.8 Å². The quantitative estimate of drug-likeness (QED) is 0.0176. The Morgan fingerprint density at radius 2 is 0.763 bits per heavy atom. The number of fused-ring (bicyclic) bond motifs is 1. The lowest BCUT2D eigenvalue weighted by atomic mass is 9.93. The molecular formula is C109H100N4O18. The number of ether oxygens (including phenoxy) is 5. The van der Waals surface area contributed by atoms with Crippen LogP contribution in [0.25, 0.3) is 33.3 Å². The SMILES string of the molecule is CC(=O)Cc1cccc(-c2ccc(Cc3ocnc3C(=O)C[C@@H](Cc3ccccc3)C(=O)O)cc2)c1.O=C(C[C@@H](Cc1ccccc1)C(=O)O)OCc1ccc(COc2cccc3[nH]ccc23)cc1.O=C(C[C@@H](Cc1ccccc1)C(=O)O)OCc1ccc(COc2ccccc2)cc1.O=C(O)[C@H](Cc1ccccc1)Cc1cc(-c2ccc(OCc3ccccc3)cc2)ncn1. The second kappa shape index (κ2) is 49.2. The molecule has 0 radical (unpaired) electrons. The van der Waals surface area contributed by atoms with Crippen LogP contribution in [0, 0.1) is 23.7 Å². The fraction of sp³-hybridized carbons (Fsp3) is 0.183. The van der Waals surface area contributed by atoms with Crippen molar-refractivity contribution in [1.29, 1.82) is 0 Å². The molecule has 22 nitrogen and oxygen atoms in total. The van der Waals surface area contributed by atoms with E-state index in [0.29, 0.717) is 63.4 Å². The average molecular weight is 1750 g/mol. The van der Waals surface area contributed by atoms with E-state index in [1.165, 1.54) is 12.7 Å². The first kappa shape index (κ1) is 94.2. The number of aromatic amines is 1. The summed E-state index contributed by atoms with van der Waals surface area (Å²) in [5, 5.41) is 39.2. The van der Waals surface area contributed by atoms with Gasteiger partial charge in [-0.1, -0.05) is 273 Å². The Morgan fingerprint density at radius 3 is 1.25 bits per heavy atom. The third kappa shape index (κ3) is 31.0. The number of Topliss-reactive ketones (excluding diaryl/α,β-unsaturated/α-hetero) is 2. The Labute approximate surface area is 759 Å². The molecule has 0 saturated heterocycles. The van der Waals surface area contributed by atoms with Crippen LogP contribution in [0.2, 0.25) is 0 Å². The highest BCUT2D eigenvalue weighted by Crippen LogP contribution is 2.30. The van der Waals surface area contributed by atoms with Gasteiger partial charge in [-0.25, -0.2) is 15.0 Å². The Bertz CT molecular complexity index is 6160. The molecule has 5 N–H and O–H groups in total. The van der Waals surface area contributed by atoms with Gasteiger partial charge in [0, 0.05) is 54.0 Å². The molecule has 12 aromatic carbocycles. The summed E-state index contributed by atoms with van der Waals surface area (Å²) in [7, 11) is 0. The molecule has 4 atom stereocenters. The summed E-state index contributed by atoms with van der Waals surface area (Å²) in [5.74, 6) is -5.31. The third-order valence-corrected chi connectivity index (χ3v) is 21.4. The molecule has 0 bridgehead atoms. The monoisotopic (exact) mass is 1750 g/mol. The van der Waals surface area contributed by atoms with E-state index in [2.05, 4.69) is 19.9 Å². The summed E-state index contributed by atoms with van der Waals surface area (Å²) in [6.45, 7) is 3.16. The van der Waals surface area contributed by atoms with Crippen LogP contribution in [0.4, 0.5) is 0 Å². The maximum Gasteiger partial charge on any atom is 0.307 e. The van der Waals surface area contributed by atoms with Crippen molar-refractivity contribution in [2.24, 2.45) is 23.7 Å². The number of carboxylic acids is 4. The van der Waals surface area contributed by atoms with Crippen LogP contribution in [0.3, 0.4) is 0 Å². The molecule has 3 heterocycles. The molecule has 15 rings (SSSR count). The number of esters is 2. The zero-order valence-corrected chi connectivity index (χ0v) is 72.2. The topological polar surface area (TPSA) is 331 Å². The number of nitrogens with zero attached hydrogens (tertiary/aromatic N) is 3. The van der Waals surface area contributed by atoms with Gasteiger partial charge in [-0.3, -0.25) is 38.4 Å². The minimum Gasteiger partial charge on any atom is -0.489 e. The predicted molar refractivity (Wildman–Crippen MR) is 497 cm³/mol. The van der Waals surface area contributed by atoms with Crippen molar-refractivity contribution < 1.29 is 86.9 Å². The largest absolute Gasteiger partial charge is 0.489 e. The Hall–Kier alpha value is -16.0. The zero-order chi connectivity index (χ0) is 91.9. The summed E-state index contributed by atoms with van der Waals surface area (Å²) < 4.78 is 33.6. The van der Waals surface area contributed by atoms with Crippen molar-refractivity contribution in [2.75, 3.05) is 0 Å². The molecule has 0 saturated carbocycles. The first-order valence-electron chi connectivity index (χ1n) is 42.9. The number of oxazole rings is 1. The van der Waals surface area contributed by atoms with Gasteiger partial charge in [0.05, 0.1) is 42.2 Å². The van der Waals surface area contributed by atoms with Crippen molar-refractivity contribution in [3.05, 3.63) is 431 Å². The Kier molecular flexibility index (Phi) is 35.4. The summed E-state index contributed by atoms with van der Waals surface area (Å²) >= 11 is 0. The molecule has 0 amide bonds. The average Bonchev–Trinajstić information content (AvgIpc) is 1.18. The fourth-order valence-electron chi connectivity index (χ4n) is 14.4. The molecule has 0 spiro atoms. The highest BCUT2D eigenvalue weighted by molar-refractivity contribution is 5.97. The zero-order valence-electron chi connectivity index (χ0n) is 72.2. The molecule has 15 aromatic rings. The molecule has 0 unspecified atom stereocenters. The second-order valence-electron chi connectivity index (χ2n) is 31.4. The number of H-pyrrole nitrogens is 1. The van der Waals surface area contributed by atoms with Gasteiger partial charge in [-0.2, -0.15) is 0 Å². The molecule has 664 valence electrons. The lowest BCUT2D eigenvalue weighted by Gasteiger charge is -2.13.